The van der Waals surface area contributed by atoms with Gasteiger partial charge in [0.25, 0.3) is 0 Å². The Hall–Kier alpha value is -2.83. The summed E-state index contributed by atoms with van der Waals surface area (Å²) in [4.78, 5) is 36.9. The Morgan fingerprint density at radius 1 is 1.21 bits per heavy atom. The molecule has 1 saturated heterocycles. The molecule has 2 aliphatic rings. The van der Waals surface area contributed by atoms with Crippen molar-refractivity contribution in [2.45, 2.75) is 38.6 Å². The molecule has 0 bridgehead atoms. The molecule has 146 valence electrons. The first-order valence-corrected chi connectivity index (χ1v) is 9.62. The van der Waals surface area contributed by atoms with Crippen LogP contribution in [0.1, 0.15) is 41.9 Å². The van der Waals surface area contributed by atoms with E-state index in [2.05, 4.69) is 4.98 Å². The van der Waals surface area contributed by atoms with Crippen molar-refractivity contribution in [3.63, 3.8) is 0 Å². The standard InChI is InChI=1S/C21H23FN4O2/c1-14(27)25-9-7-19-17(13-25)11-23-21(24-19)16-6-8-26(12-16)20(28)10-15-4-2-3-5-18(15)22/h2-5,11,16H,6-10,12-13H2,1H3. The highest BCUT2D eigenvalue weighted by Crippen LogP contribution is 2.27. The number of aromatic nitrogens is 2. The molecule has 0 spiro atoms. The van der Waals surface area contributed by atoms with Gasteiger partial charge in [0, 0.05) is 57.2 Å². The molecule has 1 aromatic carbocycles. The lowest BCUT2D eigenvalue weighted by Crippen LogP contribution is -2.35. The highest BCUT2D eigenvalue weighted by atomic mass is 19.1. The second-order valence-electron chi connectivity index (χ2n) is 7.48. The van der Waals surface area contributed by atoms with Gasteiger partial charge in [0.1, 0.15) is 11.6 Å². The van der Waals surface area contributed by atoms with E-state index in [1.54, 1.807) is 34.9 Å². The van der Waals surface area contributed by atoms with Crippen LogP contribution in [0.4, 0.5) is 4.39 Å². The van der Waals surface area contributed by atoms with Gasteiger partial charge in [-0.2, -0.15) is 0 Å². The van der Waals surface area contributed by atoms with Crippen LogP contribution < -0.4 is 0 Å². The average Bonchev–Trinajstić information content (AvgIpc) is 3.19. The third kappa shape index (κ3) is 3.74. The highest BCUT2D eigenvalue weighted by molar-refractivity contribution is 5.79. The van der Waals surface area contributed by atoms with E-state index in [0.717, 1.165) is 29.9 Å². The summed E-state index contributed by atoms with van der Waals surface area (Å²) in [6.07, 6.45) is 3.43. The zero-order chi connectivity index (χ0) is 19.7. The fourth-order valence-corrected chi connectivity index (χ4v) is 3.91. The molecule has 1 fully saturated rings. The van der Waals surface area contributed by atoms with E-state index in [1.165, 1.54) is 6.07 Å². The number of benzene rings is 1. The molecule has 0 aliphatic carbocycles. The first-order valence-electron chi connectivity index (χ1n) is 9.62. The average molecular weight is 382 g/mol. The number of amides is 2. The number of carbonyl (C=O) groups excluding carboxylic acids is 2. The summed E-state index contributed by atoms with van der Waals surface area (Å²) < 4.78 is 13.8. The molecule has 0 saturated carbocycles. The van der Waals surface area contributed by atoms with Crippen LogP contribution >= 0.6 is 0 Å². The molecular weight excluding hydrogens is 359 g/mol. The lowest BCUT2D eigenvalue weighted by molar-refractivity contribution is -0.130. The molecule has 3 heterocycles. The van der Waals surface area contributed by atoms with E-state index in [-0.39, 0.29) is 30.0 Å². The molecule has 1 unspecified atom stereocenters. The number of fused-ring (bicyclic) bond motifs is 1. The van der Waals surface area contributed by atoms with Crippen LogP contribution in [0.3, 0.4) is 0 Å². The predicted octanol–water partition coefficient (Wildman–Crippen LogP) is 2.08. The number of nitrogens with zero attached hydrogens (tertiary/aromatic N) is 4. The minimum absolute atomic E-state index is 0.0644. The van der Waals surface area contributed by atoms with E-state index >= 15 is 0 Å². The third-order valence-electron chi connectivity index (χ3n) is 5.60. The van der Waals surface area contributed by atoms with Gasteiger partial charge in [-0.25, -0.2) is 14.4 Å². The molecule has 1 atom stereocenters. The number of likely N-dealkylation sites (tertiary alicyclic amines) is 1. The lowest BCUT2D eigenvalue weighted by atomic mass is 10.0. The van der Waals surface area contributed by atoms with Crippen molar-refractivity contribution in [1.82, 2.24) is 19.8 Å². The maximum atomic E-state index is 13.8. The first kappa shape index (κ1) is 18.5. The van der Waals surface area contributed by atoms with E-state index in [9.17, 15) is 14.0 Å². The van der Waals surface area contributed by atoms with E-state index in [0.29, 0.717) is 31.7 Å². The number of hydrogen-bond donors (Lipinski definition) is 0. The Labute approximate surface area is 163 Å². The van der Waals surface area contributed by atoms with Crippen LogP contribution in [-0.4, -0.2) is 51.2 Å². The maximum Gasteiger partial charge on any atom is 0.227 e. The summed E-state index contributed by atoms with van der Waals surface area (Å²) in [6, 6.07) is 6.40. The number of rotatable bonds is 3. The molecule has 7 heteroatoms. The number of carbonyl (C=O) groups is 2. The van der Waals surface area contributed by atoms with Crippen molar-refractivity contribution >= 4 is 11.8 Å². The van der Waals surface area contributed by atoms with Gasteiger partial charge in [0.05, 0.1) is 12.1 Å². The van der Waals surface area contributed by atoms with Gasteiger partial charge in [-0.15, -0.1) is 0 Å². The monoisotopic (exact) mass is 382 g/mol. The minimum atomic E-state index is -0.343. The Balaban J connectivity index is 1.41. The van der Waals surface area contributed by atoms with Crippen LogP contribution in [-0.2, 0) is 29.0 Å². The second-order valence-corrected chi connectivity index (χ2v) is 7.48. The van der Waals surface area contributed by atoms with Gasteiger partial charge in [0.15, 0.2) is 0 Å². The molecule has 2 aliphatic heterocycles. The predicted molar refractivity (Wildman–Crippen MR) is 101 cm³/mol. The second kappa shape index (κ2) is 7.66. The largest absolute Gasteiger partial charge is 0.342 e. The van der Waals surface area contributed by atoms with Crippen molar-refractivity contribution < 1.29 is 14.0 Å². The third-order valence-corrected chi connectivity index (χ3v) is 5.60. The summed E-state index contributed by atoms with van der Waals surface area (Å²) in [5, 5.41) is 0. The topological polar surface area (TPSA) is 66.4 Å². The van der Waals surface area contributed by atoms with Crippen molar-refractivity contribution in [3.8, 4) is 0 Å². The van der Waals surface area contributed by atoms with Crippen molar-refractivity contribution in [1.29, 1.82) is 0 Å². The Morgan fingerprint density at radius 3 is 2.82 bits per heavy atom. The fourth-order valence-electron chi connectivity index (χ4n) is 3.91. The fraction of sp³-hybridized carbons (Fsp3) is 0.429. The molecule has 0 radical (unpaired) electrons. The minimum Gasteiger partial charge on any atom is -0.342 e. The van der Waals surface area contributed by atoms with Crippen molar-refractivity contribution in [2.75, 3.05) is 19.6 Å². The molecule has 28 heavy (non-hydrogen) atoms. The zero-order valence-corrected chi connectivity index (χ0v) is 15.9. The molecule has 6 nitrogen and oxygen atoms in total. The van der Waals surface area contributed by atoms with Crippen LogP contribution in [0, 0.1) is 5.82 Å². The van der Waals surface area contributed by atoms with Gasteiger partial charge in [-0.3, -0.25) is 9.59 Å². The highest BCUT2D eigenvalue weighted by Gasteiger charge is 2.30. The maximum absolute atomic E-state index is 13.8. The summed E-state index contributed by atoms with van der Waals surface area (Å²) >= 11 is 0. The number of halogens is 1. The Bertz CT molecular complexity index is 917. The van der Waals surface area contributed by atoms with Crippen LogP contribution in [0.5, 0.6) is 0 Å². The number of hydrogen-bond acceptors (Lipinski definition) is 4. The van der Waals surface area contributed by atoms with Gasteiger partial charge in [-0.1, -0.05) is 18.2 Å². The van der Waals surface area contributed by atoms with Gasteiger partial charge < -0.3 is 9.80 Å². The Kier molecular flexibility index (Phi) is 5.07. The summed E-state index contributed by atoms with van der Waals surface area (Å²) in [5.74, 6) is 0.512. The Morgan fingerprint density at radius 2 is 2.04 bits per heavy atom. The summed E-state index contributed by atoms with van der Waals surface area (Å²) in [7, 11) is 0. The van der Waals surface area contributed by atoms with Crippen molar-refractivity contribution in [2.24, 2.45) is 0 Å². The molecule has 2 aromatic rings. The first-order chi connectivity index (χ1) is 13.5. The SMILES string of the molecule is CC(=O)N1CCc2nc(C3CCN(C(=O)Cc4ccccc4F)C3)ncc2C1. The van der Waals surface area contributed by atoms with E-state index < -0.39 is 0 Å². The van der Waals surface area contributed by atoms with E-state index in [1.807, 2.05) is 6.20 Å². The molecular formula is C21H23FN4O2. The lowest BCUT2D eigenvalue weighted by Gasteiger charge is -2.27. The van der Waals surface area contributed by atoms with Gasteiger partial charge >= 0.3 is 0 Å². The molecule has 0 N–H and O–H groups in total. The quantitative estimate of drug-likeness (QED) is 0.815. The van der Waals surface area contributed by atoms with Crippen LogP contribution in [0.25, 0.3) is 0 Å². The van der Waals surface area contributed by atoms with Gasteiger partial charge in [0.2, 0.25) is 11.8 Å². The zero-order valence-electron chi connectivity index (χ0n) is 15.9. The molecule has 4 rings (SSSR count). The van der Waals surface area contributed by atoms with Crippen LogP contribution in [0.2, 0.25) is 0 Å². The molecule has 2 amide bonds. The molecule has 1 aromatic heterocycles. The summed E-state index contributed by atoms with van der Waals surface area (Å²) in [5.41, 5.74) is 2.42. The smallest absolute Gasteiger partial charge is 0.227 e. The normalized spacial score (nSPS) is 18.9. The van der Waals surface area contributed by atoms with Crippen molar-refractivity contribution in [3.05, 3.63) is 58.9 Å². The van der Waals surface area contributed by atoms with Crippen LogP contribution in [0.15, 0.2) is 30.5 Å². The van der Waals surface area contributed by atoms with E-state index in [4.69, 9.17) is 4.98 Å². The van der Waals surface area contributed by atoms with Gasteiger partial charge in [-0.05, 0) is 18.1 Å². The summed E-state index contributed by atoms with van der Waals surface area (Å²) in [6.45, 7) is 4.01.